The normalized spacial score (nSPS) is 14.3. The molecule has 6 nitrogen and oxygen atoms in total. The van der Waals surface area contributed by atoms with Gasteiger partial charge in [0.15, 0.2) is 5.82 Å². The molecule has 122 valence electrons. The van der Waals surface area contributed by atoms with Gasteiger partial charge in [0.25, 0.3) is 5.91 Å². The summed E-state index contributed by atoms with van der Waals surface area (Å²) in [6.07, 6.45) is 2.38. The van der Waals surface area contributed by atoms with Crippen molar-refractivity contribution in [1.82, 2.24) is 20.1 Å². The van der Waals surface area contributed by atoms with Gasteiger partial charge in [-0.25, -0.2) is 4.98 Å². The molecule has 23 heavy (non-hydrogen) atoms. The van der Waals surface area contributed by atoms with Crippen molar-refractivity contribution in [3.63, 3.8) is 0 Å². The van der Waals surface area contributed by atoms with Crippen LogP contribution < -0.4 is 5.73 Å². The van der Waals surface area contributed by atoms with E-state index in [1.807, 2.05) is 38.1 Å². The minimum Gasteiger partial charge on any atom is -0.335 e. The molecule has 0 aliphatic heterocycles. The molecule has 0 saturated heterocycles. The first kappa shape index (κ1) is 15.7. The third-order valence-electron chi connectivity index (χ3n) is 4.11. The standard InChI is InChI=1S/C17H23N5O/c1-11(2)22(10-9-18)17(23)14-7-5-13(6-8-14)16-19-15(20-21-16)12-3-4-12/h5-8,11-12H,3-4,9-10,18H2,1-2H3,(H,19,20,21). The maximum atomic E-state index is 12.6. The van der Waals surface area contributed by atoms with Gasteiger partial charge < -0.3 is 10.6 Å². The van der Waals surface area contributed by atoms with Crippen LogP contribution in [-0.4, -0.2) is 45.1 Å². The van der Waals surface area contributed by atoms with Crippen molar-refractivity contribution in [2.24, 2.45) is 5.73 Å². The SMILES string of the molecule is CC(C)N(CCN)C(=O)c1ccc(-c2n[nH]c(C3CC3)n2)cc1. The highest BCUT2D eigenvalue weighted by Crippen LogP contribution is 2.38. The lowest BCUT2D eigenvalue weighted by Crippen LogP contribution is -2.40. The second-order valence-corrected chi connectivity index (χ2v) is 6.28. The number of hydrogen-bond donors (Lipinski definition) is 2. The Bertz CT molecular complexity index is 673. The van der Waals surface area contributed by atoms with Crippen molar-refractivity contribution in [2.45, 2.75) is 38.6 Å². The number of carbonyl (C=O) groups is 1. The molecule has 1 aromatic carbocycles. The van der Waals surface area contributed by atoms with E-state index in [-0.39, 0.29) is 11.9 Å². The smallest absolute Gasteiger partial charge is 0.254 e. The Kier molecular flexibility index (Phi) is 4.43. The highest BCUT2D eigenvalue weighted by molar-refractivity contribution is 5.94. The second kappa shape index (κ2) is 6.50. The lowest BCUT2D eigenvalue weighted by atomic mass is 10.1. The Balaban J connectivity index is 1.76. The van der Waals surface area contributed by atoms with Gasteiger partial charge in [0.2, 0.25) is 0 Å². The number of aromatic nitrogens is 3. The third kappa shape index (κ3) is 3.42. The first-order valence-corrected chi connectivity index (χ1v) is 8.14. The van der Waals surface area contributed by atoms with Gasteiger partial charge in [-0.1, -0.05) is 12.1 Å². The van der Waals surface area contributed by atoms with Crippen molar-refractivity contribution in [3.8, 4) is 11.4 Å². The molecular weight excluding hydrogens is 290 g/mol. The zero-order valence-corrected chi connectivity index (χ0v) is 13.6. The largest absolute Gasteiger partial charge is 0.335 e. The van der Waals surface area contributed by atoms with E-state index in [1.165, 1.54) is 12.8 Å². The molecule has 1 heterocycles. The monoisotopic (exact) mass is 313 g/mol. The summed E-state index contributed by atoms with van der Waals surface area (Å²) in [5.41, 5.74) is 7.18. The van der Waals surface area contributed by atoms with Crippen molar-refractivity contribution >= 4 is 5.91 Å². The van der Waals surface area contributed by atoms with Crippen LogP contribution in [0.2, 0.25) is 0 Å². The summed E-state index contributed by atoms with van der Waals surface area (Å²) >= 11 is 0. The maximum absolute atomic E-state index is 12.6. The number of hydrogen-bond acceptors (Lipinski definition) is 4. The van der Waals surface area contributed by atoms with Gasteiger partial charge in [0.05, 0.1) is 0 Å². The van der Waals surface area contributed by atoms with Gasteiger partial charge in [-0.2, -0.15) is 5.10 Å². The molecule has 3 rings (SSSR count). The molecule has 0 atom stereocenters. The van der Waals surface area contributed by atoms with E-state index in [4.69, 9.17) is 5.73 Å². The third-order valence-corrected chi connectivity index (χ3v) is 4.11. The average Bonchev–Trinajstić information content (AvgIpc) is 3.29. The molecule has 1 aliphatic carbocycles. The number of rotatable bonds is 6. The molecule has 1 aromatic heterocycles. The van der Waals surface area contributed by atoms with Gasteiger partial charge in [-0.05, 0) is 38.8 Å². The van der Waals surface area contributed by atoms with Crippen molar-refractivity contribution in [1.29, 1.82) is 0 Å². The van der Waals surface area contributed by atoms with Crippen molar-refractivity contribution in [3.05, 3.63) is 35.7 Å². The summed E-state index contributed by atoms with van der Waals surface area (Å²) in [7, 11) is 0. The van der Waals surface area contributed by atoms with Crippen LogP contribution in [0.15, 0.2) is 24.3 Å². The summed E-state index contributed by atoms with van der Waals surface area (Å²) < 4.78 is 0. The zero-order chi connectivity index (χ0) is 16.4. The van der Waals surface area contributed by atoms with Gasteiger partial charge >= 0.3 is 0 Å². The molecule has 0 radical (unpaired) electrons. The second-order valence-electron chi connectivity index (χ2n) is 6.28. The van der Waals surface area contributed by atoms with Crippen LogP contribution in [-0.2, 0) is 0 Å². The van der Waals surface area contributed by atoms with E-state index in [0.29, 0.717) is 30.4 Å². The number of benzene rings is 1. The predicted molar refractivity (Wildman–Crippen MR) is 89.0 cm³/mol. The molecule has 1 amide bonds. The molecule has 0 bridgehead atoms. The number of H-pyrrole nitrogens is 1. The van der Waals surface area contributed by atoms with E-state index < -0.39 is 0 Å². The molecule has 2 aromatic rings. The van der Waals surface area contributed by atoms with Crippen molar-refractivity contribution in [2.75, 3.05) is 13.1 Å². The number of carbonyl (C=O) groups excluding carboxylic acids is 1. The van der Waals surface area contributed by atoms with Gasteiger partial charge in [0.1, 0.15) is 5.82 Å². The van der Waals surface area contributed by atoms with Crippen LogP contribution in [0.1, 0.15) is 48.8 Å². The molecule has 1 fully saturated rings. The number of nitrogens with one attached hydrogen (secondary N) is 1. The fourth-order valence-electron chi connectivity index (χ4n) is 2.60. The molecule has 1 aliphatic rings. The highest BCUT2D eigenvalue weighted by Gasteiger charge is 2.27. The van der Waals surface area contributed by atoms with Crippen LogP contribution in [0.5, 0.6) is 0 Å². The van der Waals surface area contributed by atoms with Gasteiger partial charge in [-0.15, -0.1) is 0 Å². The highest BCUT2D eigenvalue weighted by atomic mass is 16.2. The Morgan fingerprint density at radius 1 is 1.35 bits per heavy atom. The van der Waals surface area contributed by atoms with Crippen LogP contribution in [0.25, 0.3) is 11.4 Å². The number of nitrogens with zero attached hydrogens (tertiary/aromatic N) is 3. The summed E-state index contributed by atoms with van der Waals surface area (Å²) in [6.45, 7) is 5.01. The lowest BCUT2D eigenvalue weighted by Gasteiger charge is -2.26. The number of aromatic amines is 1. The fraction of sp³-hybridized carbons (Fsp3) is 0.471. The van der Waals surface area contributed by atoms with Gasteiger partial charge in [0, 0.05) is 36.2 Å². The van der Waals surface area contributed by atoms with E-state index >= 15 is 0 Å². The quantitative estimate of drug-likeness (QED) is 0.855. The van der Waals surface area contributed by atoms with E-state index in [0.717, 1.165) is 11.4 Å². The van der Waals surface area contributed by atoms with Crippen LogP contribution >= 0.6 is 0 Å². The first-order valence-electron chi connectivity index (χ1n) is 8.14. The molecule has 6 heteroatoms. The summed E-state index contributed by atoms with van der Waals surface area (Å²) in [5, 5.41) is 7.27. The Hall–Kier alpha value is -2.21. The lowest BCUT2D eigenvalue weighted by molar-refractivity contribution is 0.0712. The topological polar surface area (TPSA) is 87.9 Å². The van der Waals surface area contributed by atoms with Crippen LogP contribution in [0.3, 0.4) is 0 Å². The van der Waals surface area contributed by atoms with Gasteiger partial charge in [-0.3, -0.25) is 9.89 Å². The fourth-order valence-corrected chi connectivity index (χ4v) is 2.60. The summed E-state index contributed by atoms with van der Waals surface area (Å²) in [5.74, 6) is 2.21. The van der Waals surface area contributed by atoms with Crippen molar-refractivity contribution < 1.29 is 4.79 Å². The summed E-state index contributed by atoms with van der Waals surface area (Å²) in [6, 6.07) is 7.58. The van der Waals surface area contributed by atoms with E-state index in [9.17, 15) is 4.79 Å². The molecule has 3 N–H and O–H groups in total. The molecule has 1 saturated carbocycles. The first-order chi connectivity index (χ1) is 11.1. The molecule has 0 unspecified atom stereocenters. The zero-order valence-electron chi connectivity index (χ0n) is 13.6. The minimum absolute atomic E-state index is 0.00524. The van der Waals surface area contributed by atoms with Crippen LogP contribution in [0.4, 0.5) is 0 Å². The molecular formula is C17H23N5O. The average molecular weight is 313 g/mol. The maximum Gasteiger partial charge on any atom is 0.254 e. The molecule has 0 spiro atoms. The summed E-state index contributed by atoms with van der Waals surface area (Å²) in [4.78, 5) is 18.9. The van der Waals surface area contributed by atoms with E-state index in [2.05, 4.69) is 15.2 Å². The van der Waals surface area contributed by atoms with Crippen LogP contribution in [0, 0.1) is 0 Å². The Morgan fingerprint density at radius 3 is 2.61 bits per heavy atom. The Labute approximate surface area is 136 Å². The minimum atomic E-state index is 0.00524. The Morgan fingerprint density at radius 2 is 2.04 bits per heavy atom. The number of nitrogens with two attached hydrogens (primary N) is 1. The van der Waals surface area contributed by atoms with E-state index in [1.54, 1.807) is 4.90 Å². The number of amides is 1. The predicted octanol–water partition coefficient (Wildman–Crippen LogP) is 2.16.